The highest BCUT2D eigenvalue weighted by Crippen LogP contribution is 2.43. The zero-order chi connectivity index (χ0) is 10.4. The van der Waals surface area contributed by atoms with E-state index >= 15 is 0 Å². The molecule has 0 radical (unpaired) electrons. The van der Waals surface area contributed by atoms with Crippen LogP contribution in [0.4, 0.5) is 0 Å². The van der Waals surface area contributed by atoms with E-state index in [9.17, 15) is 4.79 Å². The Balaban J connectivity index is 1.93. The minimum Gasteiger partial charge on any atom is -0.480 e. The van der Waals surface area contributed by atoms with Crippen molar-refractivity contribution in [3.05, 3.63) is 10.6 Å². The van der Waals surface area contributed by atoms with Crippen LogP contribution in [0.3, 0.4) is 0 Å². The second kappa shape index (κ2) is 3.24. The second-order valence-electron chi connectivity index (χ2n) is 4.10. The van der Waals surface area contributed by atoms with Crippen molar-refractivity contribution in [3.63, 3.8) is 0 Å². The topological polar surface area (TPSA) is 66.3 Å². The van der Waals surface area contributed by atoms with Crippen LogP contribution in [0.5, 0.6) is 0 Å². The third kappa shape index (κ3) is 1.36. The number of hydrogen-bond donors (Lipinski definition) is 1. The lowest BCUT2D eigenvalue weighted by Gasteiger charge is -2.31. The van der Waals surface area contributed by atoms with Gasteiger partial charge in [-0.15, -0.1) is 5.10 Å². The van der Waals surface area contributed by atoms with E-state index in [0.29, 0.717) is 6.04 Å². The van der Waals surface area contributed by atoms with Crippen molar-refractivity contribution < 1.29 is 9.90 Å². The van der Waals surface area contributed by atoms with Crippen LogP contribution < -0.4 is 0 Å². The number of carbonyl (C=O) groups is 1. The highest BCUT2D eigenvalue weighted by atomic mass is 32.1. The molecule has 0 aromatic carbocycles. The van der Waals surface area contributed by atoms with Gasteiger partial charge < -0.3 is 5.11 Å². The molecule has 2 aliphatic heterocycles. The first kappa shape index (κ1) is 9.23. The fourth-order valence-corrected chi connectivity index (χ4v) is 3.50. The van der Waals surface area contributed by atoms with Crippen molar-refractivity contribution in [2.24, 2.45) is 0 Å². The van der Waals surface area contributed by atoms with Crippen molar-refractivity contribution >= 4 is 17.5 Å². The van der Waals surface area contributed by atoms with Crippen molar-refractivity contribution in [1.82, 2.24) is 14.5 Å². The summed E-state index contributed by atoms with van der Waals surface area (Å²) in [5.41, 5.74) is 1.09. The number of hydrogen-bond acceptors (Lipinski definition) is 5. The Hall–Kier alpha value is -1.01. The number of fused-ring (bicyclic) bond motifs is 4. The third-order valence-corrected chi connectivity index (χ3v) is 4.14. The van der Waals surface area contributed by atoms with Crippen LogP contribution in [0.1, 0.15) is 29.5 Å². The van der Waals surface area contributed by atoms with E-state index in [1.807, 2.05) is 0 Å². The molecule has 1 aromatic rings. The number of carboxylic acids is 1. The molecular weight excluding hydrogens is 214 g/mol. The second-order valence-corrected chi connectivity index (χ2v) is 4.89. The molecule has 6 heteroatoms. The summed E-state index contributed by atoms with van der Waals surface area (Å²) in [6.45, 7) is 0.146. The average molecular weight is 225 g/mol. The maximum absolute atomic E-state index is 10.8. The molecule has 3 rings (SSSR count). The van der Waals surface area contributed by atoms with Gasteiger partial charge in [0.15, 0.2) is 0 Å². The number of rotatable bonds is 2. The standard InChI is InChI=1S/C9H11N3O2S/c13-8(14)4-12-5-1-2-7(12)9-6(3-5)10-11-15-9/h5,7H,1-4H2,(H,13,14). The van der Waals surface area contributed by atoms with Gasteiger partial charge in [-0.2, -0.15) is 0 Å². The minimum absolute atomic E-state index is 0.146. The molecular formula is C9H11N3O2S. The number of nitrogens with zero attached hydrogens (tertiary/aromatic N) is 3. The summed E-state index contributed by atoms with van der Waals surface area (Å²) in [4.78, 5) is 14.0. The Kier molecular flexibility index (Phi) is 2.00. The predicted molar refractivity (Wildman–Crippen MR) is 53.7 cm³/mol. The fourth-order valence-electron chi connectivity index (χ4n) is 2.67. The molecule has 5 nitrogen and oxygen atoms in total. The zero-order valence-corrected chi connectivity index (χ0v) is 8.90. The van der Waals surface area contributed by atoms with Crippen LogP contribution in [0.15, 0.2) is 0 Å². The van der Waals surface area contributed by atoms with E-state index in [-0.39, 0.29) is 12.6 Å². The number of aromatic nitrogens is 2. The molecule has 2 bridgehead atoms. The molecule has 80 valence electrons. The molecule has 0 spiro atoms. The molecule has 15 heavy (non-hydrogen) atoms. The Morgan fingerprint density at radius 1 is 1.60 bits per heavy atom. The van der Waals surface area contributed by atoms with Crippen LogP contribution in [0.25, 0.3) is 0 Å². The van der Waals surface area contributed by atoms with Crippen molar-refractivity contribution in [2.75, 3.05) is 6.54 Å². The predicted octanol–water partition coefficient (Wildman–Crippen LogP) is 0.684. The molecule has 2 atom stereocenters. The van der Waals surface area contributed by atoms with E-state index in [4.69, 9.17) is 5.11 Å². The summed E-state index contributed by atoms with van der Waals surface area (Å²) < 4.78 is 3.95. The van der Waals surface area contributed by atoms with E-state index in [2.05, 4.69) is 14.5 Å². The number of aliphatic carboxylic acids is 1. The lowest BCUT2D eigenvalue weighted by Crippen LogP contribution is -2.40. The Bertz CT molecular complexity index is 406. The van der Waals surface area contributed by atoms with Gasteiger partial charge in [0.25, 0.3) is 0 Å². The van der Waals surface area contributed by atoms with Crippen molar-refractivity contribution in [2.45, 2.75) is 31.3 Å². The summed E-state index contributed by atoms with van der Waals surface area (Å²) in [5, 5.41) is 13.0. The summed E-state index contributed by atoms with van der Waals surface area (Å²) >= 11 is 1.42. The fraction of sp³-hybridized carbons (Fsp3) is 0.667. The largest absolute Gasteiger partial charge is 0.480 e. The van der Waals surface area contributed by atoms with Gasteiger partial charge in [-0.05, 0) is 24.4 Å². The van der Waals surface area contributed by atoms with Gasteiger partial charge in [-0.3, -0.25) is 9.69 Å². The van der Waals surface area contributed by atoms with Gasteiger partial charge in [0.2, 0.25) is 0 Å². The van der Waals surface area contributed by atoms with Crippen LogP contribution in [-0.2, 0) is 11.2 Å². The maximum Gasteiger partial charge on any atom is 0.317 e. The normalized spacial score (nSPS) is 29.1. The highest BCUT2D eigenvalue weighted by Gasteiger charge is 2.42. The monoisotopic (exact) mass is 225 g/mol. The highest BCUT2D eigenvalue weighted by molar-refractivity contribution is 7.05. The molecule has 1 saturated heterocycles. The Labute approximate surface area is 90.9 Å². The van der Waals surface area contributed by atoms with Crippen molar-refractivity contribution in [1.29, 1.82) is 0 Å². The van der Waals surface area contributed by atoms with Gasteiger partial charge in [-0.25, -0.2) is 0 Å². The van der Waals surface area contributed by atoms with Crippen LogP contribution in [0, 0.1) is 0 Å². The quantitative estimate of drug-likeness (QED) is 0.802. The molecule has 0 aliphatic carbocycles. The van der Waals surface area contributed by atoms with Gasteiger partial charge >= 0.3 is 5.97 Å². The van der Waals surface area contributed by atoms with Gasteiger partial charge in [0.1, 0.15) is 0 Å². The minimum atomic E-state index is -0.743. The molecule has 2 unspecified atom stereocenters. The third-order valence-electron chi connectivity index (χ3n) is 3.28. The molecule has 3 heterocycles. The molecule has 1 N–H and O–H groups in total. The van der Waals surface area contributed by atoms with Crippen LogP contribution in [0.2, 0.25) is 0 Å². The van der Waals surface area contributed by atoms with Gasteiger partial charge in [0, 0.05) is 18.5 Å². The SMILES string of the molecule is O=C(O)CN1C2CCC1c1snnc1C2. The molecule has 1 aromatic heterocycles. The molecule has 2 aliphatic rings. The first-order chi connectivity index (χ1) is 7.25. The first-order valence-corrected chi connectivity index (χ1v) is 5.81. The molecule has 0 saturated carbocycles. The van der Waals surface area contributed by atoms with Crippen molar-refractivity contribution in [3.8, 4) is 0 Å². The lowest BCUT2D eigenvalue weighted by atomic mass is 10.1. The first-order valence-electron chi connectivity index (χ1n) is 5.04. The summed E-state index contributed by atoms with van der Waals surface area (Å²) in [5.74, 6) is -0.743. The van der Waals surface area contributed by atoms with E-state index in [1.54, 1.807) is 0 Å². The molecule has 0 amide bonds. The molecule has 1 fully saturated rings. The summed E-state index contributed by atoms with van der Waals surface area (Å²) in [6, 6.07) is 0.623. The maximum atomic E-state index is 10.8. The Morgan fingerprint density at radius 3 is 3.27 bits per heavy atom. The van der Waals surface area contributed by atoms with Gasteiger partial charge in [0.05, 0.1) is 17.1 Å². The number of carboxylic acid groups (broad SMARTS) is 1. The zero-order valence-electron chi connectivity index (χ0n) is 8.09. The smallest absolute Gasteiger partial charge is 0.317 e. The van der Waals surface area contributed by atoms with E-state index in [0.717, 1.165) is 25.0 Å². The van der Waals surface area contributed by atoms with Crippen LogP contribution >= 0.6 is 11.5 Å². The Morgan fingerprint density at radius 2 is 2.47 bits per heavy atom. The lowest BCUT2D eigenvalue weighted by molar-refractivity contribution is -0.139. The average Bonchev–Trinajstić information content (AvgIpc) is 2.72. The van der Waals surface area contributed by atoms with Crippen LogP contribution in [-0.4, -0.2) is 38.1 Å². The summed E-state index contributed by atoms with van der Waals surface area (Å²) in [7, 11) is 0. The van der Waals surface area contributed by atoms with E-state index < -0.39 is 5.97 Å². The van der Waals surface area contributed by atoms with Gasteiger partial charge in [-0.1, -0.05) is 4.49 Å². The van der Waals surface area contributed by atoms with E-state index in [1.165, 1.54) is 16.4 Å². The summed E-state index contributed by atoms with van der Waals surface area (Å²) in [6.07, 6.45) is 3.01.